The first-order valence-corrected chi connectivity index (χ1v) is 10.0. The van der Waals surface area contributed by atoms with Gasteiger partial charge in [-0.15, -0.1) is 11.3 Å². The average molecular weight is 358 g/mol. The maximum absolute atomic E-state index is 13.4. The third-order valence-electron chi connectivity index (χ3n) is 4.47. The van der Waals surface area contributed by atoms with Gasteiger partial charge in [0.25, 0.3) is 5.56 Å². The first kappa shape index (κ1) is 15.7. The summed E-state index contributed by atoms with van der Waals surface area (Å²) in [5.41, 5.74) is 1.99. The molecule has 4 nitrogen and oxygen atoms in total. The average Bonchev–Trinajstić information content (AvgIpc) is 3.00. The van der Waals surface area contributed by atoms with Crippen LogP contribution in [0, 0.1) is 0 Å². The standard InChI is InChI=1S/C18H18N2O2S2/c1-22-13-9-5-4-8-12(13)20-17(21)15-11-7-3-6-10-14(11)24-16(15)19-18(20)23-2/h4-5,8-9H,3,6-7,10H2,1-2H3. The van der Waals surface area contributed by atoms with E-state index < -0.39 is 0 Å². The van der Waals surface area contributed by atoms with E-state index in [9.17, 15) is 4.79 Å². The number of ether oxygens (including phenoxy) is 1. The highest BCUT2D eigenvalue weighted by Gasteiger charge is 2.23. The summed E-state index contributed by atoms with van der Waals surface area (Å²) >= 11 is 3.18. The molecule has 1 aliphatic carbocycles. The first-order valence-electron chi connectivity index (χ1n) is 7.99. The third-order valence-corrected chi connectivity index (χ3v) is 6.29. The molecular weight excluding hydrogens is 340 g/mol. The number of hydrogen-bond acceptors (Lipinski definition) is 5. The summed E-state index contributed by atoms with van der Waals surface area (Å²) in [7, 11) is 1.63. The van der Waals surface area contributed by atoms with Crippen molar-refractivity contribution in [3.8, 4) is 11.4 Å². The zero-order valence-electron chi connectivity index (χ0n) is 13.7. The van der Waals surface area contributed by atoms with Gasteiger partial charge in [0.1, 0.15) is 10.6 Å². The Hall–Kier alpha value is -1.79. The summed E-state index contributed by atoms with van der Waals surface area (Å²) in [5.74, 6) is 0.681. The van der Waals surface area contributed by atoms with Crippen LogP contribution in [-0.2, 0) is 12.8 Å². The number of nitrogens with zero attached hydrogens (tertiary/aromatic N) is 2. The quantitative estimate of drug-likeness (QED) is 0.523. The second kappa shape index (κ2) is 6.26. The van der Waals surface area contributed by atoms with Crippen LogP contribution >= 0.6 is 23.1 Å². The molecule has 24 heavy (non-hydrogen) atoms. The summed E-state index contributed by atoms with van der Waals surface area (Å²) in [4.78, 5) is 20.4. The number of thiophene rings is 1. The number of thioether (sulfide) groups is 1. The van der Waals surface area contributed by atoms with Crippen molar-refractivity contribution in [2.45, 2.75) is 30.8 Å². The Labute approximate surface area is 148 Å². The van der Waals surface area contributed by atoms with Gasteiger partial charge in [0.15, 0.2) is 5.16 Å². The van der Waals surface area contributed by atoms with Gasteiger partial charge in [0, 0.05) is 4.88 Å². The van der Waals surface area contributed by atoms with Gasteiger partial charge in [-0.3, -0.25) is 9.36 Å². The molecule has 1 aliphatic rings. The molecule has 0 amide bonds. The molecule has 0 bridgehead atoms. The Morgan fingerprint density at radius 1 is 1.25 bits per heavy atom. The van der Waals surface area contributed by atoms with E-state index in [0.717, 1.165) is 35.2 Å². The molecule has 0 unspecified atom stereocenters. The van der Waals surface area contributed by atoms with Gasteiger partial charge >= 0.3 is 0 Å². The molecular formula is C18H18N2O2S2. The fraction of sp³-hybridized carbons (Fsp3) is 0.333. The minimum Gasteiger partial charge on any atom is -0.495 e. The van der Waals surface area contributed by atoms with E-state index in [1.54, 1.807) is 23.0 Å². The van der Waals surface area contributed by atoms with Crippen molar-refractivity contribution in [2.24, 2.45) is 0 Å². The van der Waals surface area contributed by atoms with Crippen molar-refractivity contribution in [2.75, 3.05) is 13.4 Å². The fourth-order valence-corrected chi connectivity index (χ4v) is 5.21. The van der Waals surface area contributed by atoms with E-state index in [1.807, 2.05) is 30.5 Å². The van der Waals surface area contributed by atoms with E-state index in [-0.39, 0.29) is 5.56 Å². The molecule has 0 radical (unpaired) electrons. The molecule has 2 heterocycles. The smallest absolute Gasteiger partial charge is 0.267 e. The molecule has 0 aliphatic heterocycles. The number of aryl methyl sites for hydroxylation is 2. The van der Waals surface area contributed by atoms with Crippen molar-refractivity contribution >= 4 is 33.3 Å². The summed E-state index contributed by atoms with van der Waals surface area (Å²) in [6.45, 7) is 0. The van der Waals surface area contributed by atoms with E-state index in [0.29, 0.717) is 10.9 Å². The van der Waals surface area contributed by atoms with Crippen molar-refractivity contribution in [1.82, 2.24) is 9.55 Å². The maximum atomic E-state index is 13.4. The minimum absolute atomic E-state index is 0.0215. The zero-order valence-corrected chi connectivity index (χ0v) is 15.3. The van der Waals surface area contributed by atoms with E-state index >= 15 is 0 Å². The van der Waals surface area contributed by atoms with Gasteiger partial charge < -0.3 is 4.74 Å². The number of benzene rings is 1. The van der Waals surface area contributed by atoms with Crippen LogP contribution < -0.4 is 10.3 Å². The SMILES string of the molecule is COc1ccccc1-n1c(SC)nc2sc3c(c2c1=O)CCCC3. The van der Waals surface area contributed by atoms with Crippen molar-refractivity contribution < 1.29 is 4.74 Å². The molecule has 0 spiro atoms. The zero-order chi connectivity index (χ0) is 16.7. The van der Waals surface area contributed by atoms with Gasteiger partial charge in [-0.1, -0.05) is 23.9 Å². The number of aromatic nitrogens is 2. The second-order valence-corrected chi connectivity index (χ2v) is 7.66. The van der Waals surface area contributed by atoms with Crippen LogP contribution in [0.25, 0.3) is 15.9 Å². The lowest BCUT2D eigenvalue weighted by molar-refractivity contribution is 0.411. The van der Waals surface area contributed by atoms with Crippen LogP contribution in [0.3, 0.4) is 0 Å². The molecule has 0 saturated carbocycles. The van der Waals surface area contributed by atoms with Crippen molar-refractivity contribution in [1.29, 1.82) is 0 Å². The number of methoxy groups -OCH3 is 1. The Balaban J connectivity index is 2.08. The lowest BCUT2D eigenvalue weighted by Gasteiger charge is -2.14. The van der Waals surface area contributed by atoms with Crippen molar-refractivity contribution in [3.05, 3.63) is 45.1 Å². The van der Waals surface area contributed by atoms with Crippen LogP contribution in [-0.4, -0.2) is 22.9 Å². The monoisotopic (exact) mass is 358 g/mol. The number of fused-ring (bicyclic) bond motifs is 3. The third kappa shape index (κ3) is 2.36. The topological polar surface area (TPSA) is 44.1 Å². The number of hydrogen-bond donors (Lipinski definition) is 0. The van der Waals surface area contributed by atoms with Crippen LogP contribution in [0.2, 0.25) is 0 Å². The highest BCUT2D eigenvalue weighted by Crippen LogP contribution is 2.35. The van der Waals surface area contributed by atoms with Gasteiger partial charge in [-0.05, 0) is 49.6 Å². The Morgan fingerprint density at radius 2 is 2.04 bits per heavy atom. The summed E-state index contributed by atoms with van der Waals surface area (Å²) in [5, 5.41) is 1.51. The molecule has 2 aromatic heterocycles. The van der Waals surface area contributed by atoms with Crippen molar-refractivity contribution in [3.63, 3.8) is 0 Å². The second-order valence-electron chi connectivity index (χ2n) is 5.80. The highest BCUT2D eigenvalue weighted by atomic mass is 32.2. The highest BCUT2D eigenvalue weighted by molar-refractivity contribution is 7.98. The Morgan fingerprint density at radius 3 is 2.83 bits per heavy atom. The molecule has 0 atom stereocenters. The lowest BCUT2D eigenvalue weighted by Crippen LogP contribution is -2.22. The summed E-state index contributed by atoms with van der Waals surface area (Å²) in [6, 6.07) is 7.61. The molecule has 6 heteroatoms. The molecule has 4 rings (SSSR count). The van der Waals surface area contributed by atoms with Gasteiger partial charge in [0.2, 0.25) is 0 Å². The van der Waals surface area contributed by atoms with E-state index in [2.05, 4.69) is 0 Å². The molecule has 124 valence electrons. The van der Waals surface area contributed by atoms with E-state index in [4.69, 9.17) is 9.72 Å². The number of para-hydroxylation sites is 2. The van der Waals surface area contributed by atoms with Gasteiger partial charge in [0.05, 0.1) is 18.2 Å². The van der Waals surface area contributed by atoms with Gasteiger partial charge in [-0.25, -0.2) is 4.98 Å². The summed E-state index contributed by atoms with van der Waals surface area (Å²) < 4.78 is 7.17. The van der Waals surface area contributed by atoms with E-state index in [1.165, 1.54) is 28.6 Å². The fourth-order valence-electron chi connectivity index (χ4n) is 3.35. The van der Waals surface area contributed by atoms with Gasteiger partial charge in [-0.2, -0.15) is 0 Å². The van der Waals surface area contributed by atoms with Crippen LogP contribution in [0.1, 0.15) is 23.3 Å². The van der Waals surface area contributed by atoms with Crippen LogP contribution in [0.15, 0.2) is 34.2 Å². The molecule has 0 N–H and O–H groups in total. The summed E-state index contributed by atoms with van der Waals surface area (Å²) in [6.07, 6.45) is 6.36. The predicted molar refractivity (Wildman–Crippen MR) is 100 cm³/mol. The molecule has 0 fully saturated rings. The Kier molecular flexibility index (Phi) is 4.10. The normalized spacial score (nSPS) is 13.9. The van der Waals surface area contributed by atoms with Crippen LogP contribution in [0.4, 0.5) is 0 Å². The molecule has 3 aromatic rings. The van der Waals surface area contributed by atoms with Crippen LogP contribution in [0.5, 0.6) is 5.75 Å². The molecule has 0 saturated heterocycles. The minimum atomic E-state index is 0.0215. The Bertz CT molecular complexity index is 975. The first-order chi connectivity index (χ1) is 11.7. The largest absolute Gasteiger partial charge is 0.495 e. The lowest BCUT2D eigenvalue weighted by atomic mass is 9.97. The molecule has 1 aromatic carbocycles. The predicted octanol–water partition coefficient (Wildman–Crippen LogP) is 4.06. The number of rotatable bonds is 3. The maximum Gasteiger partial charge on any atom is 0.267 e.